The van der Waals surface area contributed by atoms with Gasteiger partial charge >= 0.3 is 5.97 Å². The van der Waals surface area contributed by atoms with Crippen molar-refractivity contribution >= 4 is 5.97 Å². The lowest BCUT2D eigenvalue weighted by molar-refractivity contribution is -0.140. The summed E-state index contributed by atoms with van der Waals surface area (Å²) in [6, 6.07) is 0. The number of esters is 1. The molecule has 0 atom stereocenters. The van der Waals surface area contributed by atoms with Crippen molar-refractivity contribution in [2.75, 3.05) is 7.11 Å². The Kier molecular flexibility index (Phi) is 40.2. The Morgan fingerprint density at radius 3 is 0.949 bits per heavy atom. The van der Waals surface area contributed by atoms with Gasteiger partial charge in [0.1, 0.15) is 0 Å². The van der Waals surface area contributed by atoms with Crippen LogP contribution in [-0.2, 0) is 9.53 Å². The molecule has 0 aliphatic carbocycles. The third kappa shape index (κ3) is 41.6. The third-order valence-electron chi connectivity index (χ3n) is 7.49. The Bertz CT molecular complexity index is 476. The molecule has 0 fully saturated rings. The van der Waals surface area contributed by atoms with Crippen molar-refractivity contribution in [1.82, 2.24) is 0 Å². The lowest BCUT2D eigenvalue weighted by atomic mass is 10.1. The smallest absolute Gasteiger partial charge is 0.305 e. The van der Waals surface area contributed by atoms with E-state index < -0.39 is 0 Å². The van der Waals surface area contributed by atoms with Crippen LogP contribution in [0.15, 0.2) is 24.3 Å². The van der Waals surface area contributed by atoms with E-state index in [1.54, 1.807) is 0 Å². The molecule has 0 rings (SSSR count). The number of carbonyl (C=O) groups is 1. The van der Waals surface area contributed by atoms with Crippen molar-refractivity contribution in [2.45, 2.75) is 201 Å². The summed E-state index contributed by atoms with van der Waals surface area (Å²) in [5.74, 6) is -0.0763. The van der Waals surface area contributed by atoms with Gasteiger partial charge in [-0.15, -0.1) is 0 Å². The Labute approximate surface area is 247 Å². The van der Waals surface area contributed by atoms with Gasteiger partial charge in [0, 0.05) is 6.42 Å². The molecule has 232 valence electrons. The monoisotopic (exact) mass is 549 g/mol. The van der Waals surface area contributed by atoms with E-state index in [0.717, 1.165) is 12.8 Å². The van der Waals surface area contributed by atoms with Gasteiger partial charge in [-0.2, -0.15) is 0 Å². The first-order valence-electron chi connectivity index (χ1n) is 17.6. The first-order valence-corrected chi connectivity index (χ1v) is 17.6. The number of allylic oxidation sites excluding steroid dienone is 4. The molecule has 0 aliphatic rings. The lowest BCUT2D eigenvalue weighted by Crippen LogP contribution is -1.98. The van der Waals surface area contributed by atoms with Crippen molar-refractivity contribution in [3.05, 3.63) is 24.3 Å². The van der Waals surface area contributed by atoms with Crippen LogP contribution in [0, 0.1) is 0 Å². The molecular formula is C37H72O2. The van der Waals surface area contributed by atoms with Crippen LogP contribution in [0.2, 0.25) is 0 Å². The molecule has 0 aromatic carbocycles. The van der Waals surface area contributed by atoms with Crippen LogP contribution < -0.4 is 0 Å². The highest BCUT2D eigenvalue weighted by Gasteiger charge is 1.98. The molecule has 39 heavy (non-hydrogen) atoms. The average molecular weight is 549 g/mol. The maximum Gasteiger partial charge on any atom is 0.305 e. The quantitative estimate of drug-likeness (QED) is 0.0527. The van der Waals surface area contributed by atoms with Gasteiger partial charge in [0.05, 0.1) is 7.11 Å². The number of hydrogen-bond acceptors (Lipinski definition) is 2. The van der Waals surface area contributed by atoms with Gasteiger partial charge in [-0.3, -0.25) is 4.79 Å². The fourth-order valence-corrected chi connectivity index (χ4v) is 4.76. The van der Waals surface area contributed by atoms with E-state index in [1.807, 2.05) is 0 Å². The zero-order chi connectivity index (χ0) is 28.9. The summed E-state index contributed by atoms with van der Waals surface area (Å²) in [6.07, 6.45) is 46.4. The SMILES string of the molecule is CCCCCCCC/C=C\CCCCCCCC(=O)OC.CCCCCCCCC=CCCCCCCCC. The summed E-state index contributed by atoms with van der Waals surface area (Å²) in [4.78, 5) is 10.9. The topological polar surface area (TPSA) is 26.3 Å². The van der Waals surface area contributed by atoms with Crippen molar-refractivity contribution < 1.29 is 9.53 Å². The maximum atomic E-state index is 10.9. The number of carbonyl (C=O) groups excluding carboxylic acids is 1. The minimum Gasteiger partial charge on any atom is -0.469 e. The highest BCUT2D eigenvalue weighted by atomic mass is 16.5. The van der Waals surface area contributed by atoms with Crippen LogP contribution in [0.1, 0.15) is 201 Å². The van der Waals surface area contributed by atoms with Gasteiger partial charge in [0.25, 0.3) is 0 Å². The van der Waals surface area contributed by atoms with E-state index in [9.17, 15) is 4.79 Å². The Morgan fingerprint density at radius 1 is 0.410 bits per heavy atom. The first-order chi connectivity index (χ1) is 19.2. The standard InChI is InChI=1S/C19H36O2.C18H36/c1-3-4-5-6-7-8-9-10-11-12-13-14-15-16-17-18-19(20)21-2;1-3-5-7-9-11-13-15-17-18-16-14-12-10-8-6-4-2/h10-11H,3-9,12-18H2,1-2H3;17-18H,3-16H2,1-2H3/b11-10-;. The largest absolute Gasteiger partial charge is 0.469 e. The van der Waals surface area contributed by atoms with Crippen molar-refractivity contribution in [2.24, 2.45) is 0 Å². The van der Waals surface area contributed by atoms with E-state index in [0.29, 0.717) is 6.42 Å². The van der Waals surface area contributed by atoms with Crippen LogP contribution in [0.3, 0.4) is 0 Å². The molecule has 0 aliphatic heterocycles. The van der Waals surface area contributed by atoms with Gasteiger partial charge in [-0.1, -0.05) is 161 Å². The Balaban J connectivity index is 0. The molecule has 0 unspecified atom stereocenters. The molecule has 0 spiro atoms. The average Bonchev–Trinajstić information content (AvgIpc) is 2.95. The summed E-state index contributed by atoms with van der Waals surface area (Å²) in [5, 5.41) is 0. The fraction of sp³-hybridized carbons (Fsp3) is 0.865. The zero-order valence-corrected chi connectivity index (χ0v) is 27.4. The number of methoxy groups -OCH3 is 1. The normalized spacial score (nSPS) is 11.3. The number of rotatable bonds is 29. The van der Waals surface area contributed by atoms with E-state index >= 15 is 0 Å². The van der Waals surface area contributed by atoms with E-state index in [2.05, 4.69) is 49.8 Å². The Hall–Kier alpha value is -1.05. The molecule has 0 aromatic heterocycles. The van der Waals surface area contributed by atoms with Crippen LogP contribution in [0.5, 0.6) is 0 Å². The zero-order valence-electron chi connectivity index (χ0n) is 27.4. The lowest BCUT2D eigenvalue weighted by Gasteiger charge is -2.00. The number of ether oxygens (including phenoxy) is 1. The van der Waals surface area contributed by atoms with Gasteiger partial charge in [-0.05, 0) is 57.8 Å². The first kappa shape index (κ1) is 40.1. The summed E-state index contributed by atoms with van der Waals surface area (Å²) in [7, 11) is 1.46. The molecule has 2 heteroatoms. The second-order valence-electron chi connectivity index (χ2n) is 11.5. The van der Waals surface area contributed by atoms with Gasteiger partial charge < -0.3 is 4.74 Å². The van der Waals surface area contributed by atoms with Crippen molar-refractivity contribution in [3.8, 4) is 0 Å². The number of hydrogen-bond donors (Lipinski definition) is 0. The third-order valence-corrected chi connectivity index (χ3v) is 7.49. The van der Waals surface area contributed by atoms with Crippen LogP contribution >= 0.6 is 0 Å². The van der Waals surface area contributed by atoms with Crippen LogP contribution in [0.4, 0.5) is 0 Å². The van der Waals surface area contributed by atoms with Crippen molar-refractivity contribution in [3.63, 3.8) is 0 Å². The predicted octanol–water partition coefficient (Wildman–Crippen LogP) is 13.2. The van der Waals surface area contributed by atoms with E-state index in [1.165, 1.54) is 168 Å². The summed E-state index contributed by atoms with van der Waals surface area (Å²) < 4.78 is 4.62. The summed E-state index contributed by atoms with van der Waals surface area (Å²) >= 11 is 0. The fourth-order valence-electron chi connectivity index (χ4n) is 4.76. The summed E-state index contributed by atoms with van der Waals surface area (Å²) in [5.41, 5.74) is 0. The predicted molar refractivity (Wildman–Crippen MR) is 177 cm³/mol. The van der Waals surface area contributed by atoms with E-state index in [-0.39, 0.29) is 5.97 Å². The highest BCUT2D eigenvalue weighted by Crippen LogP contribution is 2.11. The molecule has 0 radical (unpaired) electrons. The van der Waals surface area contributed by atoms with Crippen LogP contribution in [-0.4, -0.2) is 13.1 Å². The molecule has 2 nitrogen and oxygen atoms in total. The molecular weight excluding hydrogens is 476 g/mol. The molecule has 0 saturated carbocycles. The maximum absolute atomic E-state index is 10.9. The molecule has 0 bridgehead atoms. The van der Waals surface area contributed by atoms with Crippen LogP contribution in [0.25, 0.3) is 0 Å². The second-order valence-corrected chi connectivity index (χ2v) is 11.5. The molecule has 0 heterocycles. The van der Waals surface area contributed by atoms with E-state index in [4.69, 9.17) is 0 Å². The minimum atomic E-state index is -0.0763. The molecule has 0 saturated heterocycles. The molecule has 0 N–H and O–H groups in total. The second kappa shape index (κ2) is 39.1. The van der Waals surface area contributed by atoms with Gasteiger partial charge in [-0.25, -0.2) is 0 Å². The Morgan fingerprint density at radius 2 is 0.667 bits per heavy atom. The highest BCUT2D eigenvalue weighted by molar-refractivity contribution is 5.68. The molecule has 0 aromatic rings. The summed E-state index contributed by atoms with van der Waals surface area (Å²) in [6.45, 7) is 6.83. The minimum absolute atomic E-state index is 0.0763. The molecule has 0 amide bonds. The van der Waals surface area contributed by atoms with Crippen molar-refractivity contribution in [1.29, 1.82) is 0 Å². The number of unbranched alkanes of at least 4 members (excludes halogenated alkanes) is 23. The van der Waals surface area contributed by atoms with Gasteiger partial charge in [0.2, 0.25) is 0 Å². The van der Waals surface area contributed by atoms with Gasteiger partial charge in [0.15, 0.2) is 0 Å².